The van der Waals surface area contributed by atoms with Crippen LogP contribution < -0.4 is 0 Å². The molecule has 0 amide bonds. The van der Waals surface area contributed by atoms with Gasteiger partial charge in [0.1, 0.15) is 18.1 Å². The Morgan fingerprint density at radius 1 is 1.19 bits per heavy atom. The van der Waals surface area contributed by atoms with Crippen LogP contribution in [0.25, 0.3) is 11.3 Å². The number of halogens is 1. The van der Waals surface area contributed by atoms with E-state index < -0.39 is 18.0 Å². The Morgan fingerprint density at radius 2 is 1.94 bits per heavy atom. The number of carboxylic acids is 1. The number of carbonyl (C=O) groups is 2. The third-order valence-electron chi connectivity index (χ3n) is 4.59. The minimum absolute atomic E-state index is 0.0282. The molecule has 8 heteroatoms. The van der Waals surface area contributed by atoms with Gasteiger partial charge in [-0.1, -0.05) is 59.2 Å². The summed E-state index contributed by atoms with van der Waals surface area (Å²) in [7, 11) is 0. The predicted octanol–water partition coefficient (Wildman–Crippen LogP) is 5.55. The minimum Gasteiger partial charge on any atom is -0.481 e. The standard InChI is InChI=1S/C23H22ClNO5S/c1-15(19-4-2-3-5-20(19)24)30-22(28)12-18-13-29-25-23(18)17-8-6-16(7-9-17)14-31-11-10-21(26)27/h2-9,13,15H,10-12,14H2,1H3,(H,26,27). The number of aromatic nitrogens is 1. The topological polar surface area (TPSA) is 89.6 Å². The Kier molecular flexibility index (Phi) is 8.14. The smallest absolute Gasteiger partial charge is 0.311 e. The van der Waals surface area contributed by atoms with Crippen molar-refractivity contribution in [2.24, 2.45) is 0 Å². The van der Waals surface area contributed by atoms with E-state index in [9.17, 15) is 9.59 Å². The largest absolute Gasteiger partial charge is 0.481 e. The maximum atomic E-state index is 12.5. The third kappa shape index (κ3) is 6.60. The van der Waals surface area contributed by atoms with Gasteiger partial charge >= 0.3 is 11.9 Å². The molecule has 3 aromatic rings. The normalized spacial score (nSPS) is 11.8. The second kappa shape index (κ2) is 11.0. The Bertz CT molecular complexity index is 1030. The summed E-state index contributed by atoms with van der Waals surface area (Å²) in [6, 6.07) is 15.0. The maximum absolute atomic E-state index is 12.5. The molecule has 0 saturated carbocycles. The van der Waals surface area contributed by atoms with Gasteiger partial charge in [0.2, 0.25) is 0 Å². The molecule has 0 aliphatic heterocycles. The lowest BCUT2D eigenvalue weighted by Gasteiger charge is -2.14. The quantitative estimate of drug-likeness (QED) is 0.314. The first-order valence-electron chi connectivity index (χ1n) is 9.70. The molecule has 0 aliphatic rings. The molecule has 0 saturated heterocycles. The first-order chi connectivity index (χ1) is 14.9. The fourth-order valence-electron chi connectivity index (χ4n) is 2.99. The van der Waals surface area contributed by atoms with Crippen LogP contribution in [0.2, 0.25) is 5.02 Å². The SMILES string of the molecule is CC(OC(=O)Cc1conc1-c1ccc(CSCCC(=O)O)cc1)c1ccccc1Cl. The van der Waals surface area contributed by atoms with Crippen LogP contribution in [-0.4, -0.2) is 28.0 Å². The van der Waals surface area contributed by atoms with E-state index in [1.165, 1.54) is 6.26 Å². The van der Waals surface area contributed by atoms with Gasteiger partial charge in [-0.2, -0.15) is 11.8 Å². The molecule has 1 aromatic heterocycles. The number of ether oxygens (including phenoxy) is 1. The van der Waals surface area contributed by atoms with Crippen LogP contribution in [0, 0.1) is 0 Å². The number of benzene rings is 2. The van der Waals surface area contributed by atoms with Crippen LogP contribution in [0.15, 0.2) is 59.3 Å². The summed E-state index contributed by atoms with van der Waals surface area (Å²) in [6.45, 7) is 1.78. The second-order valence-corrected chi connectivity index (χ2v) is 8.42. The van der Waals surface area contributed by atoms with Crippen molar-refractivity contribution in [1.82, 2.24) is 5.16 Å². The van der Waals surface area contributed by atoms with Crippen molar-refractivity contribution < 1.29 is 24.0 Å². The number of rotatable bonds is 10. The van der Waals surface area contributed by atoms with E-state index in [4.69, 9.17) is 26.0 Å². The van der Waals surface area contributed by atoms with E-state index in [1.54, 1.807) is 24.8 Å². The number of thioether (sulfide) groups is 1. The zero-order valence-electron chi connectivity index (χ0n) is 16.9. The average Bonchev–Trinajstić information content (AvgIpc) is 3.19. The highest BCUT2D eigenvalue weighted by Gasteiger charge is 2.18. The van der Waals surface area contributed by atoms with Crippen molar-refractivity contribution >= 4 is 35.3 Å². The number of esters is 1. The van der Waals surface area contributed by atoms with Gasteiger partial charge in [-0.3, -0.25) is 9.59 Å². The average molecular weight is 460 g/mol. The molecule has 0 fully saturated rings. The number of hydrogen-bond donors (Lipinski definition) is 1. The summed E-state index contributed by atoms with van der Waals surface area (Å²) in [5.74, 6) is 0.106. The summed E-state index contributed by atoms with van der Waals surface area (Å²) < 4.78 is 10.6. The number of hydrogen-bond acceptors (Lipinski definition) is 6. The Labute approximate surface area is 189 Å². The van der Waals surface area contributed by atoms with Crippen molar-refractivity contribution in [2.45, 2.75) is 31.6 Å². The molecular weight excluding hydrogens is 438 g/mol. The van der Waals surface area contributed by atoms with Gasteiger partial charge in [-0.05, 0) is 18.6 Å². The molecule has 162 valence electrons. The van der Waals surface area contributed by atoms with E-state index in [0.29, 0.717) is 22.0 Å². The van der Waals surface area contributed by atoms with Crippen LogP contribution in [0.4, 0.5) is 0 Å². The van der Waals surface area contributed by atoms with E-state index in [2.05, 4.69) is 5.16 Å². The summed E-state index contributed by atoms with van der Waals surface area (Å²) in [5.41, 5.74) is 3.89. The lowest BCUT2D eigenvalue weighted by molar-refractivity contribution is -0.147. The third-order valence-corrected chi connectivity index (χ3v) is 5.96. The molecule has 1 unspecified atom stereocenters. The van der Waals surface area contributed by atoms with Crippen LogP contribution >= 0.6 is 23.4 Å². The van der Waals surface area contributed by atoms with Crippen molar-refractivity contribution in [2.75, 3.05) is 5.75 Å². The van der Waals surface area contributed by atoms with Gasteiger partial charge in [-0.25, -0.2) is 0 Å². The van der Waals surface area contributed by atoms with E-state index in [-0.39, 0.29) is 12.8 Å². The molecule has 0 bridgehead atoms. The highest BCUT2D eigenvalue weighted by molar-refractivity contribution is 7.98. The first-order valence-corrected chi connectivity index (χ1v) is 11.2. The van der Waals surface area contributed by atoms with Crippen molar-refractivity contribution in [3.63, 3.8) is 0 Å². The van der Waals surface area contributed by atoms with E-state index >= 15 is 0 Å². The van der Waals surface area contributed by atoms with Crippen molar-refractivity contribution in [3.8, 4) is 11.3 Å². The van der Waals surface area contributed by atoms with Crippen molar-refractivity contribution in [1.29, 1.82) is 0 Å². The van der Waals surface area contributed by atoms with Crippen LogP contribution in [0.1, 0.15) is 36.1 Å². The maximum Gasteiger partial charge on any atom is 0.311 e. The Balaban J connectivity index is 1.59. The summed E-state index contributed by atoms with van der Waals surface area (Å²) in [5, 5.41) is 13.3. The van der Waals surface area contributed by atoms with Gasteiger partial charge < -0.3 is 14.4 Å². The van der Waals surface area contributed by atoms with E-state index in [1.807, 2.05) is 42.5 Å². The van der Waals surface area contributed by atoms with Gasteiger partial charge in [0.25, 0.3) is 0 Å². The molecule has 31 heavy (non-hydrogen) atoms. The fourth-order valence-corrected chi connectivity index (χ4v) is 4.17. The number of nitrogens with zero attached hydrogens (tertiary/aromatic N) is 1. The fraction of sp³-hybridized carbons (Fsp3) is 0.261. The van der Waals surface area contributed by atoms with Crippen molar-refractivity contribution in [3.05, 3.63) is 76.5 Å². The highest BCUT2D eigenvalue weighted by Crippen LogP contribution is 2.27. The van der Waals surface area contributed by atoms with Gasteiger partial charge in [0.05, 0.1) is 12.8 Å². The lowest BCUT2D eigenvalue weighted by atomic mass is 10.0. The molecule has 2 aromatic carbocycles. The minimum atomic E-state index is -0.791. The molecule has 1 atom stereocenters. The van der Waals surface area contributed by atoms with Gasteiger partial charge in [0.15, 0.2) is 0 Å². The molecule has 0 aliphatic carbocycles. The zero-order chi connectivity index (χ0) is 22.2. The molecule has 1 N–H and O–H groups in total. The van der Waals surface area contributed by atoms with Crippen LogP contribution in [0.3, 0.4) is 0 Å². The summed E-state index contributed by atoms with van der Waals surface area (Å²) in [6.07, 6.45) is 1.16. The number of aliphatic carboxylic acids is 1. The molecular formula is C23H22ClNO5S. The van der Waals surface area contributed by atoms with Crippen LogP contribution in [0.5, 0.6) is 0 Å². The molecule has 1 heterocycles. The molecule has 6 nitrogen and oxygen atoms in total. The van der Waals surface area contributed by atoms with Crippen LogP contribution in [-0.2, 0) is 26.5 Å². The monoisotopic (exact) mass is 459 g/mol. The molecule has 0 spiro atoms. The van der Waals surface area contributed by atoms with E-state index in [0.717, 1.165) is 22.4 Å². The Morgan fingerprint density at radius 3 is 2.65 bits per heavy atom. The molecule has 3 rings (SSSR count). The highest BCUT2D eigenvalue weighted by atomic mass is 35.5. The molecule has 0 radical (unpaired) electrons. The zero-order valence-corrected chi connectivity index (χ0v) is 18.5. The summed E-state index contributed by atoms with van der Waals surface area (Å²) >= 11 is 7.74. The second-order valence-electron chi connectivity index (χ2n) is 6.91. The number of carboxylic acid groups (broad SMARTS) is 1. The first kappa shape index (κ1) is 22.9. The predicted molar refractivity (Wildman–Crippen MR) is 120 cm³/mol. The Hall–Kier alpha value is -2.77. The summed E-state index contributed by atoms with van der Waals surface area (Å²) in [4.78, 5) is 23.0. The number of carbonyl (C=O) groups excluding carboxylic acids is 1. The van der Waals surface area contributed by atoms with Gasteiger partial charge in [0, 0.05) is 33.2 Å². The lowest BCUT2D eigenvalue weighted by Crippen LogP contribution is -2.12. The van der Waals surface area contributed by atoms with Gasteiger partial charge in [-0.15, -0.1) is 0 Å².